The van der Waals surface area contributed by atoms with Gasteiger partial charge < -0.3 is 9.84 Å². The van der Waals surface area contributed by atoms with Crippen LogP contribution in [0.3, 0.4) is 0 Å². The van der Waals surface area contributed by atoms with Crippen LogP contribution in [0.15, 0.2) is 34.9 Å². The summed E-state index contributed by atoms with van der Waals surface area (Å²) < 4.78 is 8.46. The summed E-state index contributed by atoms with van der Waals surface area (Å²) in [7, 11) is 1.91. The maximum absolute atomic E-state index is 9.26. The Labute approximate surface area is 114 Å². The van der Waals surface area contributed by atoms with Gasteiger partial charge in [-0.25, -0.2) is 0 Å². The summed E-state index contributed by atoms with van der Waals surface area (Å²) in [5.41, 5.74) is 1.91. The second-order valence-corrected chi connectivity index (χ2v) is 4.87. The SMILES string of the molecule is Cn1nccc1CCOc1ccc(Br)cc1CO. The van der Waals surface area contributed by atoms with Crippen molar-refractivity contribution in [3.05, 3.63) is 46.2 Å². The number of benzene rings is 1. The number of nitrogens with zero attached hydrogens (tertiary/aromatic N) is 2. The van der Waals surface area contributed by atoms with E-state index in [0.29, 0.717) is 6.61 Å². The van der Waals surface area contributed by atoms with Crippen molar-refractivity contribution in [2.75, 3.05) is 6.61 Å². The largest absolute Gasteiger partial charge is 0.493 e. The van der Waals surface area contributed by atoms with Gasteiger partial charge in [0.05, 0.1) is 13.2 Å². The van der Waals surface area contributed by atoms with E-state index in [-0.39, 0.29) is 6.61 Å². The summed E-state index contributed by atoms with van der Waals surface area (Å²) in [6.45, 7) is 0.536. The molecule has 0 aliphatic heterocycles. The molecule has 1 N–H and O–H groups in total. The Morgan fingerprint density at radius 3 is 2.89 bits per heavy atom. The van der Waals surface area contributed by atoms with Crippen LogP contribution in [-0.2, 0) is 20.1 Å². The highest BCUT2D eigenvalue weighted by atomic mass is 79.9. The minimum absolute atomic E-state index is 0.0273. The van der Waals surface area contributed by atoms with Crippen molar-refractivity contribution < 1.29 is 9.84 Å². The molecule has 0 unspecified atom stereocenters. The van der Waals surface area contributed by atoms with Gasteiger partial charge in [-0.15, -0.1) is 0 Å². The Bertz CT molecular complexity index is 525. The molecule has 0 amide bonds. The van der Waals surface area contributed by atoms with Crippen LogP contribution in [0.25, 0.3) is 0 Å². The zero-order chi connectivity index (χ0) is 13.0. The number of aryl methyl sites for hydroxylation is 1. The smallest absolute Gasteiger partial charge is 0.124 e. The highest BCUT2D eigenvalue weighted by Crippen LogP contribution is 2.23. The maximum atomic E-state index is 9.26. The van der Waals surface area contributed by atoms with Gasteiger partial charge in [-0.1, -0.05) is 15.9 Å². The number of ether oxygens (including phenoxy) is 1. The van der Waals surface area contributed by atoms with Crippen LogP contribution in [0.2, 0.25) is 0 Å². The first-order valence-electron chi connectivity index (χ1n) is 5.69. The third-order valence-electron chi connectivity index (χ3n) is 2.73. The predicted molar refractivity (Wildman–Crippen MR) is 72.5 cm³/mol. The van der Waals surface area contributed by atoms with Crippen molar-refractivity contribution in [3.63, 3.8) is 0 Å². The lowest BCUT2D eigenvalue weighted by molar-refractivity contribution is 0.263. The maximum Gasteiger partial charge on any atom is 0.124 e. The molecule has 0 bridgehead atoms. The topological polar surface area (TPSA) is 47.3 Å². The summed E-state index contributed by atoms with van der Waals surface area (Å²) in [4.78, 5) is 0. The molecule has 0 aliphatic carbocycles. The van der Waals surface area contributed by atoms with E-state index in [1.807, 2.05) is 36.0 Å². The number of rotatable bonds is 5. The van der Waals surface area contributed by atoms with E-state index in [2.05, 4.69) is 21.0 Å². The number of aliphatic hydroxyl groups is 1. The number of hydrogen-bond donors (Lipinski definition) is 1. The van der Waals surface area contributed by atoms with Crippen molar-refractivity contribution in [2.45, 2.75) is 13.0 Å². The van der Waals surface area contributed by atoms with Crippen LogP contribution in [0.4, 0.5) is 0 Å². The molecule has 0 atom stereocenters. The first-order chi connectivity index (χ1) is 8.70. The lowest BCUT2D eigenvalue weighted by Gasteiger charge is -2.10. The normalized spacial score (nSPS) is 10.6. The summed E-state index contributed by atoms with van der Waals surface area (Å²) in [6, 6.07) is 7.59. The number of aromatic nitrogens is 2. The standard InChI is InChI=1S/C13H15BrN2O2/c1-16-12(4-6-15-16)5-7-18-13-3-2-11(14)8-10(13)9-17/h2-4,6,8,17H,5,7,9H2,1H3. The van der Waals surface area contributed by atoms with Crippen LogP contribution in [-0.4, -0.2) is 21.5 Å². The summed E-state index contributed by atoms with van der Waals surface area (Å²) in [6.07, 6.45) is 2.56. The fourth-order valence-corrected chi connectivity index (χ4v) is 2.13. The molecule has 0 saturated carbocycles. The minimum Gasteiger partial charge on any atom is -0.493 e. The van der Waals surface area contributed by atoms with Crippen LogP contribution >= 0.6 is 15.9 Å². The minimum atomic E-state index is -0.0273. The Balaban J connectivity index is 1.96. The zero-order valence-corrected chi connectivity index (χ0v) is 11.7. The highest BCUT2D eigenvalue weighted by molar-refractivity contribution is 9.10. The molecule has 2 aromatic rings. The van der Waals surface area contributed by atoms with E-state index in [9.17, 15) is 5.11 Å². The molecule has 18 heavy (non-hydrogen) atoms. The van der Waals surface area contributed by atoms with Crippen molar-refractivity contribution in [1.29, 1.82) is 0 Å². The van der Waals surface area contributed by atoms with Gasteiger partial charge >= 0.3 is 0 Å². The molecule has 2 rings (SSSR count). The quantitative estimate of drug-likeness (QED) is 0.922. The molecule has 0 saturated heterocycles. The Hall–Kier alpha value is -1.33. The molecule has 1 heterocycles. The molecule has 0 fully saturated rings. The second kappa shape index (κ2) is 6.02. The van der Waals surface area contributed by atoms with Gasteiger partial charge in [0, 0.05) is 35.4 Å². The van der Waals surface area contributed by atoms with Crippen LogP contribution in [0, 0.1) is 0 Å². The Kier molecular flexibility index (Phi) is 4.38. The van der Waals surface area contributed by atoms with Gasteiger partial charge in [0.15, 0.2) is 0 Å². The molecule has 0 radical (unpaired) electrons. The average Bonchev–Trinajstić information content (AvgIpc) is 2.77. The number of aliphatic hydroxyl groups excluding tert-OH is 1. The number of hydrogen-bond acceptors (Lipinski definition) is 3. The van der Waals surface area contributed by atoms with E-state index < -0.39 is 0 Å². The number of halogens is 1. The monoisotopic (exact) mass is 310 g/mol. The lowest BCUT2D eigenvalue weighted by Crippen LogP contribution is -2.07. The van der Waals surface area contributed by atoms with Gasteiger partial charge in [0.25, 0.3) is 0 Å². The second-order valence-electron chi connectivity index (χ2n) is 3.95. The highest BCUT2D eigenvalue weighted by Gasteiger charge is 2.04. The molecule has 96 valence electrons. The van der Waals surface area contributed by atoms with Crippen LogP contribution < -0.4 is 4.74 Å². The first-order valence-corrected chi connectivity index (χ1v) is 6.49. The van der Waals surface area contributed by atoms with E-state index >= 15 is 0 Å². The van der Waals surface area contributed by atoms with Gasteiger partial charge in [-0.05, 0) is 24.3 Å². The van der Waals surface area contributed by atoms with Crippen molar-refractivity contribution >= 4 is 15.9 Å². The fourth-order valence-electron chi connectivity index (χ4n) is 1.72. The molecule has 4 nitrogen and oxygen atoms in total. The molecular formula is C13H15BrN2O2. The summed E-state index contributed by atoms with van der Waals surface area (Å²) in [5.74, 6) is 0.725. The molecule has 5 heteroatoms. The van der Waals surface area contributed by atoms with Gasteiger partial charge in [0.1, 0.15) is 5.75 Å². The van der Waals surface area contributed by atoms with Crippen molar-refractivity contribution in [1.82, 2.24) is 9.78 Å². The van der Waals surface area contributed by atoms with E-state index in [1.165, 1.54) is 0 Å². The van der Waals surface area contributed by atoms with E-state index in [1.54, 1.807) is 6.20 Å². The fraction of sp³-hybridized carbons (Fsp3) is 0.308. The van der Waals surface area contributed by atoms with E-state index in [4.69, 9.17) is 4.74 Å². The third-order valence-corrected chi connectivity index (χ3v) is 3.22. The van der Waals surface area contributed by atoms with Gasteiger partial charge in [0.2, 0.25) is 0 Å². The average molecular weight is 311 g/mol. The molecule has 1 aromatic heterocycles. The molecule has 1 aromatic carbocycles. The van der Waals surface area contributed by atoms with E-state index in [0.717, 1.165) is 27.9 Å². The molecule has 0 aliphatic rings. The third kappa shape index (κ3) is 3.11. The predicted octanol–water partition coefficient (Wildman–Crippen LogP) is 2.30. The first kappa shape index (κ1) is 13.1. The van der Waals surface area contributed by atoms with Crippen LogP contribution in [0.5, 0.6) is 5.75 Å². The van der Waals surface area contributed by atoms with Gasteiger partial charge in [-0.3, -0.25) is 4.68 Å². The van der Waals surface area contributed by atoms with Crippen molar-refractivity contribution in [2.24, 2.45) is 7.05 Å². The Morgan fingerprint density at radius 1 is 1.39 bits per heavy atom. The summed E-state index contributed by atoms with van der Waals surface area (Å²) in [5, 5.41) is 13.4. The lowest BCUT2D eigenvalue weighted by atomic mass is 10.2. The molecule has 0 spiro atoms. The van der Waals surface area contributed by atoms with Crippen molar-refractivity contribution in [3.8, 4) is 5.75 Å². The summed E-state index contributed by atoms with van der Waals surface area (Å²) >= 11 is 3.37. The zero-order valence-electron chi connectivity index (χ0n) is 10.1. The van der Waals surface area contributed by atoms with Gasteiger partial charge in [-0.2, -0.15) is 5.10 Å². The van der Waals surface area contributed by atoms with Crippen LogP contribution in [0.1, 0.15) is 11.3 Å². The molecular weight excluding hydrogens is 296 g/mol. The Morgan fingerprint density at radius 2 is 2.22 bits per heavy atom.